The Labute approximate surface area is 279 Å². The molecule has 3 N–H and O–H groups in total. The smallest absolute Gasteiger partial charge is 0.338 e. The van der Waals surface area contributed by atoms with E-state index in [2.05, 4.69) is 21.2 Å². The average Bonchev–Trinajstić information content (AvgIpc) is 3.51. The van der Waals surface area contributed by atoms with Crippen LogP contribution in [0.4, 0.5) is 4.79 Å². The molecule has 2 aliphatic heterocycles. The molecule has 3 aromatic carbocycles. The topological polar surface area (TPSA) is 155 Å². The van der Waals surface area contributed by atoms with Crippen molar-refractivity contribution in [1.29, 1.82) is 0 Å². The molecule has 0 radical (unpaired) electrons. The Bertz CT molecular complexity index is 1740. The van der Waals surface area contributed by atoms with Crippen molar-refractivity contribution in [2.45, 2.75) is 26.5 Å². The zero-order valence-electron chi connectivity index (χ0n) is 25.5. The number of urea groups is 1. The number of esters is 1. The van der Waals surface area contributed by atoms with E-state index in [1.807, 2.05) is 12.1 Å². The first-order chi connectivity index (χ1) is 22.7. The van der Waals surface area contributed by atoms with Crippen LogP contribution in [-0.2, 0) is 20.9 Å². The average molecular weight is 686 g/mol. The lowest BCUT2D eigenvalue weighted by Gasteiger charge is -2.28. The maximum absolute atomic E-state index is 12.6. The molecule has 2 heterocycles. The number of amides is 3. The van der Waals surface area contributed by atoms with Gasteiger partial charge in [-0.15, -0.1) is 0 Å². The van der Waals surface area contributed by atoms with Gasteiger partial charge in [0, 0.05) is 5.70 Å². The molecule has 0 bridgehead atoms. The van der Waals surface area contributed by atoms with Crippen molar-refractivity contribution >= 4 is 47.3 Å². The maximum Gasteiger partial charge on any atom is 0.338 e. The lowest BCUT2D eigenvalue weighted by molar-refractivity contribution is -0.139. The van der Waals surface area contributed by atoms with Crippen molar-refractivity contribution in [3.8, 4) is 28.7 Å². The second-order valence-electron chi connectivity index (χ2n) is 10.1. The number of hydrazone groups is 1. The van der Waals surface area contributed by atoms with Crippen LogP contribution in [0.1, 0.15) is 36.6 Å². The number of hydrogen-bond donors (Lipinski definition) is 3. The number of carbonyl (C=O) groups is 3. The third-order valence-electron chi connectivity index (χ3n) is 6.89. The lowest BCUT2D eigenvalue weighted by atomic mass is 9.95. The van der Waals surface area contributed by atoms with Gasteiger partial charge in [-0.25, -0.2) is 15.0 Å². The number of allylic oxidation sites excluding steroid dienone is 1. The van der Waals surface area contributed by atoms with Gasteiger partial charge < -0.3 is 39.1 Å². The second kappa shape index (κ2) is 15.0. The number of halogens is 2. The fourth-order valence-electron chi connectivity index (χ4n) is 4.74. The molecule has 0 unspecified atom stereocenters. The second-order valence-corrected chi connectivity index (χ2v) is 10.9. The van der Waals surface area contributed by atoms with E-state index in [0.29, 0.717) is 34.1 Å². The van der Waals surface area contributed by atoms with E-state index in [1.54, 1.807) is 50.2 Å². The van der Waals surface area contributed by atoms with Gasteiger partial charge in [0.1, 0.15) is 6.61 Å². The van der Waals surface area contributed by atoms with Gasteiger partial charge in [-0.05, 0) is 66.9 Å². The van der Waals surface area contributed by atoms with Crippen LogP contribution >= 0.6 is 23.2 Å². The summed E-state index contributed by atoms with van der Waals surface area (Å²) in [6, 6.07) is 12.2. The summed E-state index contributed by atoms with van der Waals surface area (Å²) in [6.45, 7) is 3.47. The van der Waals surface area contributed by atoms with Crippen LogP contribution < -0.4 is 39.7 Å². The molecule has 15 heteroatoms. The third kappa shape index (κ3) is 7.99. The largest absolute Gasteiger partial charge is 0.493 e. The predicted molar refractivity (Wildman–Crippen MR) is 171 cm³/mol. The van der Waals surface area contributed by atoms with Crippen molar-refractivity contribution in [2.24, 2.45) is 5.10 Å². The van der Waals surface area contributed by atoms with Crippen LogP contribution in [0.3, 0.4) is 0 Å². The van der Waals surface area contributed by atoms with E-state index in [1.165, 1.54) is 13.3 Å². The zero-order chi connectivity index (χ0) is 33.5. The van der Waals surface area contributed by atoms with Gasteiger partial charge in [0.25, 0.3) is 5.91 Å². The molecule has 246 valence electrons. The molecular weight excluding hydrogens is 655 g/mol. The summed E-state index contributed by atoms with van der Waals surface area (Å²) >= 11 is 12.8. The van der Waals surface area contributed by atoms with Gasteiger partial charge in [0.05, 0.1) is 41.6 Å². The quantitative estimate of drug-likeness (QED) is 0.135. The van der Waals surface area contributed by atoms with Crippen LogP contribution in [0, 0.1) is 0 Å². The number of benzene rings is 3. The maximum atomic E-state index is 12.6. The highest BCUT2D eigenvalue weighted by atomic mass is 35.5. The van der Waals surface area contributed by atoms with Crippen LogP contribution in [-0.4, -0.2) is 51.2 Å². The van der Waals surface area contributed by atoms with E-state index in [9.17, 15) is 14.4 Å². The Morgan fingerprint density at radius 2 is 1.81 bits per heavy atom. The van der Waals surface area contributed by atoms with Crippen LogP contribution in [0.2, 0.25) is 10.0 Å². The number of carbonyl (C=O) groups excluding carboxylic acids is 3. The summed E-state index contributed by atoms with van der Waals surface area (Å²) in [6.07, 6.45) is 1.37. The van der Waals surface area contributed by atoms with Crippen molar-refractivity contribution in [3.63, 3.8) is 0 Å². The van der Waals surface area contributed by atoms with E-state index in [4.69, 9.17) is 51.6 Å². The SMILES string of the molecule is CCOC(=O)C1=C(C)NC(=O)N[C@H]1c1ccc(OCC(=O)N/N=C\c2cc(Cl)c(OCc3ccc4c(c3)OCO4)c(Cl)c2)c(OC)c1. The minimum Gasteiger partial charge on any atom is -0.493 e. The molecule has 47 heavy (non-hydrogen) atoms. The molecule has 0 aliphatic carbocycles. The van der Waals surface area contributed by atoms with Crippen molar-refractivity contribution in [2.75, 3.05) is 27.1 Å². The monoisotopic (exact) mass is 684 g/mol. The number of methoxy groups -OCH3 is 1. The number of ether oxygens (including phenoxy) is 6. The molecule has 5 rings (SSSR count). The first-order valence-electron chi connectivity index (χ1n) is 14.2. The number of hydrogen-bond acceptors (Lipinski definition) is 10. The van der Waals surface area contributed by atoms with Gasteiger partial charge in [-0.1, -0.05) is 35.3 Å². The van der Waals surface area contributed by atoms with Crippen molar-refractivity contribution in [3.05, 3.63) is 86.5 Å². The summed E-state index contributed by atoms with van der Waals surface area (Å²) in [5, 5.41) is 9.77. The van der Waals surface area contributed by atoms with E-state index in [-0.39, 0.29) is 47.1 Å². The minimum absolute atomic E-state index is 0.172. The molecule has 2 aliphatic rings. The normalized spacial score (nSPS) is 15.2. The van der Waals surface area contributed by atoms with Crippen LogP contribution in [0.25, 0.3) is 0 Å². The molecule has 0 spiro atoms. The molecular formula is C32H30Cl2N4O9. The molecule has 0 aromatic heterocycles. The Balaban J connectivity index is 1.16. The molecule has 1 atom stereocenters. The Kier molecular flexibility index (Phi) is 10.6. The number of fused-ring (bicyclic) bond motifs is 1. The number of rotatable bonds is 12. The molecule has 0 fully saturated rings. The Hall–Kier alpha value is -5.14. The Morgan fingerprint density at radius 1 is 1.04 bits per heavy atom. The molecule has 3 aromatic rings. The van der Waals surface area contributed by atoms with Crippen molar-refractivity contribution < 1.29 is 42.8 Å². The Morgan fingerprint density at radius 3 is 2.55 bits per heavy atom. The van der Waals surface area contributed by atoms with E-state index < -0.39 is 30.6 Å². The first kappa shape index (κ1) is 33.2. The summed E-state index contributed by atoms with van der Waals surface area (Å²) in [7, 11) is 1.43. The van der Waals surface area contributed by atoms with Gasteiger partial charge in [0.2, 0.25) is 6.79 Å². The minimum atomic E-state index is -0.791. The number of nitrogens with one attached hydrogen (secondary N) is 3. The highest BCUT2D eigenvalue weighted by Gasteiger charge is 2.32. The highest BCUT2D eigenvalue weighted by molar-refractivity contribution is 6.37. The fraction of sp³-hybridized carbons (Fsp3) is 0.250. The highest BCUT2D eigenvalue weighted by Crippen LogP contribution is 2.37. The van der Waals surface area contributed by atoms with Crippen LogP contribution in [0.5, 0.6) is 28.7 Å². The van der Waals surface area contributed by atoms with Gasteiger partial charge in [0.15, 0.2) is 35.4 Å². The zero-order valence-corrected chi connectivity index (χ0v) is 27.0. The molecule has 0 saturated carbocycles. The predicted octanol–water partition coefficient (Wildman–Crippen LogP) is 5.03. The lowest BCUT2D eigenvalue weighted by Crippen LogP contribution is -2.45. The van der Waals surface area contributed by atoms with Gasteiger partial charge in [-0.3, -0.25) is 4.79 Å². The van der Waals surface area contributed by atoms with Crippen molar-refractivity contribution in [1.82, 2.24) is 16.1 Å². The van der Waals surface area contributed by atoms with Crippen LogP contribution in [0.15, 0.2) is 64.9 Å². The summed E-state index contributed by atoms with van der Waals surface area (Å²) in [5.74, 6) is 1.02. The molecule has 13 nitrogen and oxygen atoms in total. The van der Waals surface area contributed by atoms with Gasteiger partial charge >= 0.3 is 12.0 Å². The summed E-state index contributed by atoms with van der Waals surface area (Å²) < 4.78 is 32.8. The fourth-order valence-corrected chi connectivity index (χ4v) is 5.35. The van der Waals surface area contributed by atoms with E-state index >= 15 is 0 Å². The number of nitrogens with zero attached hydrogens (tertiary/aromatic N) is 1. The first-order valence-corrected chi connectivity index (χ1v) is 15.0. The summed E-state index contributed by atoms with van der Waals surface area (Å²) in [4.78, 5) is 37.2. The summed E-state index contributed by atoms with van der Waals surface area (Å²) in [5.41, 5.74) is 4.91. The molecule has 3 amide bonds. The third-order valence-corrected chi connectivity index (χ3v) is 7.45. The standard InChI is InChI=1S/C32H30Cl2N4O9/c1-4-43-31(40)28-17(2)36-32(41)37-29(28)20-6-8-23(25(12-20)42-3)44-15-27(39)38-35-13-19-9-21(33)30(22(34)10-19)45-14-18-5-7-24-26(11-18)47-16-46-24/h5-13,29H,4,14-16H2,1-3H3,(H,38,39)(H2,36,37,41)/b35-13-/t29-/m0/s1. The van der Waals surface area contributed by atoms with E-state index in [0.717, 1.165) is 5.56 Å². The molecule has 0 saturated heterocycles. The van der Waals surface area contributed by atoms with Gasteiger partial charge in [-0.2, -0.15) is 5.10 Å².